The van der Waals surface area contributed by atoms with Gasteiger partial charge in [-0.25, -0.2) is 0 Å². The van der Waals surface area contributed by atoms with Gasteiger partial charge in [0.05, 0.1) is 18.2 Å². The number of para-hydroxylation sites is 1. The highest BCUT2D eigenvalue weighted by atomic mass is 35.5. The number of carbonyl (C=O) groups excluding carboxylic acids is 1. The van der Waals surface area contributed by atoms with E-state index in [1.54, 1.807) is 12.1 Å². The molecule has 0 radical (unpaired) electrons. The molecule has 1 amide bonds. The highest BCUT2D eigenvalue weighted by Gasteiger charge is 2.17. The molecule has 3 aromatic carbocycles. The van der Waals surface area contributed by atoms with Crippen LogP contribution in [0.1, 0.15) is 6.42 Å². The third-order valence-corrected chi connectivity index (χ3v) is 5.88. The van der Waals surface area contributed by atoms with Gasteiger partial charge in [-0.05, 0) is 60.7 Å². The summed E-state index contributed by atoms with van der Waals surface area (Å²) in [6.07, 6.45) is 0.269. The van der Waals surface area contributed by atoms with E-state index in [1.807, 2.05) is 77.4 Å². The smallest absolute Gasteiger partial charge is 0.230 e. The Labute approximate surface area is 206 Å². The lowest BCUT2D eigenvalue weighted by molar-refractivity contribution is -0.118. The second-order valence-corrected chi connectivity index (χ2v) is 8.48. The standard InChI is InChI=1S/C25H20ClN5O2S/c26-19-9-7-18(8-10-19)24-29-30-25(34-17-23(32)28-16-4-15-27)31(24)20-11-13-22(14-12-20)33-21-5-2-1-3-6-21/h1-3,5-14H,4,16-17H2,(H,28,32). The highest BCUT2D eigenvalue weighted by molar-refractivity contribution is 7.99. The number of halogens is 1. The molecule has 170 valence electrons. The maximum atomic E-state index is 12.1. The third-order valence-electron chi connectivity index (χ3n) is 4.70. The van der Waals surface area contributed by atoms with Crippen LogP contribution in [0.2, 0.25) is 5.02 Å². The van der Waals surface area contributed by atoms with Crippen LogP contribution in [0, 0.1) is 11.3 Å². The van der Waals surface area contributed by atoms with Crippen LogP contribution in [0.15, 0.2) is 84.0 Å². The predicted octanol–water partition coefficient (Wildman–Crippen LogP) is 5.50. The van der Waals surface area contributed by atoms with Crippen molar-refractivity contribution in [3.8, 4) is 34.6 Å². The summed E-state index contributed by atoms with van der Waals surface area (Å²) < 4.78 is 7.79. The molecule has 1 aromatic heterocycles. The Morgan fingerprint density at radius 1 is 1.00 bits per heavy atom. The van der Waals surface area contributed by atoms with Crippen molar-refractivity contribution in [2.24, 2.45) is 0 Å². The van der Waals surface area contributed by atoms with Gasteiger partial charge in [-0.3, -0.25) is 9.36 Å². The SMILES string of the molecule is N#CCCNC(=O)CSc1nnc(-c2ccc(Cl)cc2)n1-c1ccc(Oc2ccccc2)cc1. The van der Waals surface area contributed by atoms with Crippen molar-refractivity contribution in [1.29, 1.82) is 5.26 Å². The van der Waals surface area contributed by atoms with Crippen molar-refractivity contribution in [2.75, 3.05) is 12.3 Å². The summed E-state index contributed by atoms with van der Waals surface area (Å²) in [6.45, 7) is 0.321. The number of hydrogen-bond acceptors (Lipinski definition) is 6. The largest absolute Gasteiger partial charge is 0.457 e. The quantitative estimate of drug-likeness (QED) is 0.246. The Bertz CT molecular complexity index is 1290. The molecule has 34 heavy (non-hydrogen) atoms. The highest BCUT2D eigenvalue weighted by Crippen LogP contribution is 2.30. The van der Waals surface area contributed by atoms with Gasteiger partial charge < -0.3 is 10.1 Å². The topological polar surface area (TPSA) is 92.8 Å². The van der Waals surface area contributed by atoms with Crippen LogP contribution in [0.25, 0.3) is 17.1 Å². The number of hydrogen-bond donors (Lipinski definition) is 1. The molecule has 0 saturated heterocycles. The van der Waals surface area contributed by atoms with Crippen LogP contribution in [-0.2, 0) is 4.79 Å². The van der Waals surface area contributed by atoms with E-state index in [0.29, 0.717) is 28.3 Å². The molecular weight excluding hydrogens is 470 g/mol. The average molecular weight is 490 g/mol. The number of nitrogens with zero attached hydrogens (tertiary/aromatic N) is 4. The molecule has 0 aliphatic carbocycles. The number of thioether (sulfide) groups is 1. The molecule has 0 bridgehead atoms. The first-order valence-electron chi connectivity index (χ1n) is 10.4. The van der Waals surface area contributed by atoms with Gasteiger partial charge in [-0.2, -0.15) is 5.26 Å². The molecule has 0 spiro atoms. The van der Waals surface area contributed by atoms with E-state index >= 15 is 0 Å². The summed E-state index contributed by atoms with van der Waals surface area (Å²) in [7, 11) is 0. The van der Waals surface area contributed by atoms with Crippen molar-refractivity contribution in [2.45, 2.75) is 11.6 Å². The lowest BCUT2D eigenvalue weighted by Crippen LogP contribution is -2.26. The minimum atomic E-state index is -0.172. The number of amides is 1. The molecule has 0 atom stereocenters. The number of nitrogens with one attached hydrogen (secondary N) is 1. The molecule has 0 aliphatic rings. The predicted molar refractivity (Wildman–Crippen MR) is 132 cm³/mol. The maximum absolute atomic E-state index is 12.1. The molecular formula is C25H20ClN5O2S. The van der Waals surface area contributed by atoms with Gasteiger partial charge in [-0.15, -0.1) is 10.2 Å². The van der Waals surface area contributed by atoms with Gasteiger partial charge in [-0.1, -0.05) is 41.6 Å². The summed E-state index contributed by atoms with van der Waals surface area (Å²) in [4.78, 5) is 12.1. The van der Waals surface area contributed by atoms with Crippen LogP contribution in [0.4, 0.5) is 0 Å². The summed E-state index contributed by atoms with van der Waals surface area (Å²) >= 11 is 7.33. The number of benzene rings is 3. The number of carbonyl (C=O) groups is 1. The van der Waals surface area contributed by atoms with E-state index in [4.69, 9.17) is 21.6 Å². The van der Waals surface area contributed by atoms with Crippen molar-refractivity contribution in [1.82, 2.24) is 20.1 Å². The number of aromatic nitrogens is 3. The summed E-state index contributed by atoms with van der Waals surface area (Å²) in [5.41, 5.74) is 1.66. The van der Waals surface area contributed by atoms with Crippen LogP contribution in [0.5, 0.6) is 11.5 Å². The second-order valence-electron chi connectivity index (χ2n) is 7.10. The fourth-order valence-electron chi connectivity index (χ4n) is 3.11. The molecule has 9 heteroatoms. The Hall–Kier alpha value is -3.80. The van der Waals surface area contributed by atoms with Crippen LogP contribution in [-0.4, -0.2) is 33.0 Å². The number of ether oxygens (including phenoxy) is 1. The molecule has 1 N–H and O–H groups in total. The van der Waals surface area contributed by atoms with E-state index in [2.05, 4.69) is 15.5 Å². The fraction of sp³-hybridized carbons (Fsp3) is 0.120. The van der Waals surface area contributed by atoms with E-state index in [1.165, 1.54) is 11.8 Å². The van der Waals surface area contributed by atoms with Crippen molar-refractivity contribution in [3.05, 3.63) is 83.9 Å². The Morgan fingerprint density at radius 2 is 1.71 bits per heavy atom. The minimum absolute atomic E-state index is 0.152. The molecule has 1 heterocycles. The summed E-state index contributed by atoms with van der Waals surface area (Å²) in [5, 5.41) is 21.3. The van der Waals surface area contributed by atoms with Crippen molar-refractivity contribution in [3.63, 3.8) is 0 Å². The van der Waals surface area contributed by atoms with E-state index in [0.717, 1.165) is 17.0 Å². The fourth-order valence-corrected chi connectivity index (χ4v) is 4.02. The first kappa shape index (κ1) is 23.4. The average Bonchev–Trinajstić information content (AvgIpc) is 3.28. The molecule has 0 aliphatic heterocycles. The molecule has 0 fully saturated rings. The maximum Gasteiger partial charge on any atom is 0.230 e. The van der Waals surface area contributed by atoms with E-state index in [9.17, 15) is 4.79 Å². The van der Waals surface area contributed by atoms with E-state index < -0.39 is 0 Å². The Balaban J connectivity index is 1.60. The van der Waals surface area contributed by atoms with Gasteiger partial charge in [0.25, 0.3) is 0 Å². The van der Waals surface area contributed by atoms with Crippen LogP contribution in [0.3, 0.4) is 0 Å². The Morgan fingerprint density at radius 3 is 2.41 bits per heavy atom. The Kier molecular flexibility index (Phi) is 7.81. The number of rotatable bonds is 9. The lowest BCUT2D eigenvalue weighted by atomic mass is 10.2. The molecule has 4 aromatic rings. The van der Waals surface area contributed by atoms with Gasteiger partial charge >= 0.3 is 0 Å². The third kappa shape index (κ3) is 5.95. The molecule has 0 saturated carbocycles. The first-order chi connectivity index (χ1) is 16.6. The van der Waals surface area contributed by atoms with Gasteiger partial charge in [0.1, 0.15) is 11.5 Å². The van der Waals surface area contributed by atoms with Gasteiger partial charge in [0, 0.05) is 22.8 Å². The zero-order chi connectivity index (χ0) is 23.8. The van der Waals surface area contributed by atoms with Crippen molar-refractivity contribution < 1.29 is 9.53 Å². The lowest BCUT2D eigenvalue weighted by Gasteiger charge is -2.12. The first-order valence-corrected chi connectivity index (χ1v) is 11.8. The van der Waals surface area contributed by atoms with Gasteiger partial charge in [0.2, 0.25) is 5.91 Å². The zero-order valence-electron chi connectivity index (χ0n) is 18.0. The van der Waals surface area contributed by atoms with Crippen LogP contribution >= 0.6 is 23.4 Å². The zero-order valence-corrected chi connectivity index (χ0v) is 19.6. The minimum Gasteiger partial charge on any atom is -0.457 e. The van der Waals surface area contributed by atoms with Gasteiger partial charge in [0.15, 0.2) is 11.0 Å². The monoisotopic (exact) mass is 489 g/mol. The molecule has 7 nitrogen and oxygen atoms in total. The summed E-state index contributed by atoms with van der Waals surface area (Å²) in [5.74, 6) is 2.05. The normalized spacial score (nSPS) is 10.5. The molecule has 0 unspecified atom stereocenters. The second kappa shape index (κ2) is 11.4. The van der Waals surface area contributed by atoms with E-state index in [-0.39, 0.29) is 18.1 Å². The molecule has 4 rings (SSSR count). The number of nitriles is 1. The van der Waals surface area contributed by atoms with Crippen LogP contribution < -0.4 is 10.1 Å². The van der Waals surface area contributed by atoms with Crippen molar-refractivity contribution >= 4 is 29.3 Å². The summed E-state index contributed by atoms with van der Waals surface area (Å²) in [6, 6.07) is 26.5.